The van der Waals surface area contributed by atoms with Gasteiger partial charge in [-0.1, -0.05) is 11.6 Å². The van der Waals surface area contributed by atoms with Crippen molar-refractivity contribution in [3.63, 3.8) is 0 Å². The number of carbonyl (C=O) groups is 2. The molecule has 98 valence electrons. The number of amides is 1. The Labute approximate surface area is 114 Å². The zero-order chi connectivity index (χ0) is 13.4. The molecule has 0 saturated heterocycles. The molecular weight excluding hydrogens is 276 g/mol. The minimum absolute atomic E-state index is 0.386. The van der Waals surface area contributed by atoms with Crippen molar-refractivity contribution in [3.05, 3.63) is 29.0 Å². The van der Waals surface area contributed by atoms with Gasteiger partial charge < -0.3 is 10.4 Å². The second kappa shape index (κ2) is 7.94. The van der Waals surface area contributed by atoms with Crippen molar-refractivity contribution in [2.45, 2.75) is 18.2 Å². The summed E-state index contributed by atoms with van der Waals surface area (Å²) < 4.78 is 0. The van der Waals surface area contributed by atoms with Crippen LogP contribution < -0.4 is 5.32 Å². The van der Waals surface area contributed by atoms with Crippen molar-refractivity contribution in [2.24, 2.45) is 0 Å². The summed E-state index contributed by atoms with van der Waals surface area (Å²) in [5.74, 6) is 0.350. The molecule has 1 amide bonds. The van der Waals surface area contributed by atoms with Gasteiger partial charge in [-0.25, -0.2) is 9.78 Å². The van der Waals surface area contributed by atoms with E-state index in [2.05, 4.69) is 10.3 Å². The number of carboxylic acids is 1. The standard InChI is InChI=1S/C11H13ClN2O3S/c12-10-5-8(1-3-13-10)6-18-4-2-9(11(16)17)14-7-15/h1,3,5,7,9H,2,4,6H2,(H,14,15)(H,16,17). The van der Waals surface area contributed by atoms with E-state index in [1.165, 1.54) is 0 Å². The second-order valence-corrected chi connectivity index (χ2v) is 5.00. The van der Waals surface area contributed by atoms with E-state index in [0.717, 1.165) is 11.3 Å². The summed E-state index contributed by atoms with van der Waals surface area (Å²) in [6, 6.07) is 2.81. The third kappa shape index (κ3) is 5.37. The largest absolute Gasteiger partial charge is 0.480 e. The van der Waals surface area contributed by atoms with Crippen LogP contribution in [-0.4, -0.2) is 34.3 Å². The van der Waals surface area contributed by atoms with Crippen LogP contribution in [0.5, 0.6) is 0 Å². The van der Waals surface area contributed by atoms with Crippen molar-refractivity contribution in [1.82, 2.24) is 10.3 Å². The minimum atomic E-state index is -1.02. The van der Waals surface area contributed by atoms with Crippen LogP contribution in [0, 0.1) is 0 Å². The quantitative estimate of drug-likeness (QED) is 0.431. The van der Waals surface area contributed by atoms with Crippen LogP contribution in [0.25, 0.3) is 0 Å². The number of hydrogen-bond acceptors (Lipinski definition) is 4. The number of hydrogen-bond donors (Lipinski definition) is 2. The smallest absolute Gasteiger partial charge is 0.326 e. The van der Waals surface area contributed by atoms with Crippen molar-refractivity contribution < 1.29 is 14.7 Å². The molecule has 7 heteroatoms. The van der Waals surface area contributed by atoms with Crippen LogP contribution in [0.1, 0.15) is 12.0 Å². The van der Waals surface area contributed by atoms with Gasteiger partial charge in [0.25, 0.3) is 0 Å². The predicted octanol–water partition coefficient (Wildman–Crippen LogP) is 1.56. The van der Waals surface area contributed by atoms with Crippen LogP contribution in [0.2, 0.25) is 5.15 Å². The summed E-state index contributed by atoms with van der Waals surface area (Å²) in [6.07, 6.45) is 2.43. The topological polar surface area (TPSA) is 79.3 Å². The Bertz CT molecular complexity index is 417. The highest BCUT2D eigenvalue weighted by Crippen LogP contribution is 2.15. The Morgan fingerprint density at radius 3 is 3.06 bits per heavy atom. The Hall–Kier alpha value is -1.27. The number of pyridine rings is 1. The van der Waals surface area contributed by atoms with Crippen molar-refractivity contribution in [3.8, 4) is 0 Å². The first kappa shape index (κ1) is 14.8. The summed E-state index contributed by atoms with van der Waals surface area (Å²) in [5, 5.41) is 11.5. The van der Waals surface area contributed by atoms with Crippen LogP contribution in [0.15, 0.2) is 18.3 Å². The van der Waals surface area contributed by atoms with E-state index < -0.39 is 12.0 Å². The van der Waals surface area contributed by atoms with Crippen molar-refractivity contribution in [2.75, 3.05) is 5.75 Å². The van der Waals surface area contributed by atoms with Crippen LogP contribution in [0.4, 0.5) is 0 Å². The molecule has 1 rings (SSSR count). The summed E-state index contributed by atoms with van der Waals surface area (Å²) in [7, 11) is 0. The van der Waals surface area contributed by atoms with E-state index in [-0.39, 0.29) is 0 Å². The zero-order valence-corrected chi connectivity index (χ0v) is 11.1. The van der Waals surface area contributed by atoms with Crippen LogP contribution in [-0.2, 0) is 15.3 Å². The number of carbonyl (C=O) groups excluding carboxylic acids is 1. The first-order valence-electron chi connectivity index (χ1n) is 5.24. The number of carboxylic acid groups (broad SMARTS) is 1. The molecule has 0 aliphatic carbocycles. The summed E-state index contributed by atoms with van der Waals surface area (Å²) in [6.45, 7) is 0. The summed E-state index contributed by atoms with van der Waals surface area (Å²) >= 11 is 7.32. The van der Waals surface area contributed by atoms with Crippen molar-refractivity contribution >= 4 is 35.7 Å². The highest BCUT2D eigenvalue weighted by Gasteiger charge is 2.15. The molecule has 1 aromatic heterocycles. The van der Waals surface area contributed by atoms with Gasteiger partial charge in [0.05, 0.1) is 0 Å². The lowest BCUT2D eigenvalue weighted by Crippen LogP contribution is -2.36. The summed E-state index contributed by atoms with van der Waals surface area (Å²) in [5.41, 5.74) is 1.04. The molecule has 1 aromatic rings. The number of aromatic nitrogens is 1. The molecule has 0 aliphatic rings. The third-order valence-electron chi connectivity index (χ3n) is 2.18. The zero-order valence-electron chi connectivity index (χ0n) is 9.51. The molecule has 0 saturated carbocycles. The molecule has 18 heavy (non-hydrogen) atoms. The Balaban J connectivity index is 2.29. The maximum atomic E-state index is 10.7. The number of halogens is 1. The lowest BCUT2D eigenvalue weighted by Gasteiger charge is -2.10. The molecule has 2 N–H and O–H groups in total. The molecule has 5 nitrogen and oxygen atoms in total. The normalized spacial score (nSPS) is 11.8. The first-order chi connectivity index (χ1) is 8.63. The number of nitrogens with zero attached hydrogens (tertiary/aromatic N) is 1. The van der Waals surface area contributed by atoms with E-state index in [9.17, 15) is 9.59 Å². The van der Waals surface area contributed by atoms with Gasteiger partial charge in [0.2, 0.25) is 6.41 Å². The van der Waals surface area contributed by atoms with Gasteiger partial charge in [-0.3, -0.25) is 4.79 Å². The van der Waals surface area contributed by atoms with E-state index >= 15 is 0 Å². The van der Waals surface area contributed by atoms with E-state index in [0.29, 0.717) is 23.7 Å². The molecule has 0 aliphatic heterocycles. The molecular formula is C11H13ClN2O3S. The van der Waals surface area contributed by atoms with Gasteiger partial charge in [0, 0.05) is 11.9 Å². The van der Waals surface area contributed by atoms with Gasteiger partial charge in [-0.05, 0) is 29.9 Å². The first-order valence-corrected chi connectivity index (χ1v) is 6.77. The van der Waals surface area contributed by atoms with Gasteiger partial charge in [-0.2, -0.15) is 11.8 Å². The van der Waals surface area contributed by atoms with Crippen molar-refractivity contribution in [1.29, 1.82) is 0 Å². The fourth-order valence-corrected chi connectivity index (χ4v) is 2.44. The van der Waals surface area contributed by atoms with Gasteiger partial charge >= 0.3 is 5.97 Å². The van der Waals surface area contributed by atoms with Gasteiger partial charge in [-0.15, -0.1) is 0 Å². The minimum Gasteiger partial charge on any atom is -0.480 e. The van der Waals surface area contributed by atoms with E-state index in [1.807, 2.05) is 6.07 Å². The maximum Gasteiger partial charge on any atom is 0.326 e. The molecule has 1 unspecified atom stereocenters. The van der Waals surface area contributed by atoms with Crippen LogP contribution in [0.3, 0.4) is 0 Å². The highest BCUT2D eigenvalue weighted by molar-refractivity contribution is 7.98. The Morgan fingerprint density at radius 1 is 1.67 bits per heavy atom. The monoisotopic (exact) mass is 288 g/mol. The SMILES string of the molecule is O=CNC(CCSCc1ccnc(Cl)c1)C(=O)O. The predicted molar refractivity (Wildman–Crippen MR) is 70.6 cm³/mol. The number of nitrogens with one attached hydrogen (secondary N) is 1. The second-order valence-electron chi connectivity index (χ2n) is 3.50. The van der Waals surface area contributed by atoms with E-state index in [1.54, 1.807) is 24.0 Å². The fraction of sp³-hybridized carbons (Fsp3) is 0.364. The van der Waals surface area contributed by atoms with Gasteiger partial charge in [0.1, 0.15) is 11.2 Å². The molecule has 1 atom stereocenters. The number of thioether (sulfide) groups is 1. The lowest BCUT2D eigenvalue weighted by atomic mass is 10.2. The van der Waals surface area contributed by atoms with Gasteiger partial charge in [0.15, 0.2) is 0 Å². The average Bonchev–Trinajstić information content (AvgIpc) is 2.33. The fourth-order valence-electron chi connectivity index (χ4n) is 1.28. The molecule has 0 radical (unpaired) electrons. The third-order valence-corrected chi connectivity index (χ3v) is 3.45. The maximum absolute atomic E-state index is 10.7. The average molecular weight is 289 g/mol. The highest BCUT2D eigenvalue weighted by atomic mass is 35.5. The Morgan fingerprint density at radius 2 is 2.44 bits per heavy atom. The van der Waals surface area contributed by atoms with Crippen LogP contribution >= 0.6 is 23.4 Å². The molecule has 0 aromatic carbocycles. The molecule has 0 spiro atoms. The number of aliphatic carboxylic acids is 1. The summed E-state index contributed by atoms with van der Waals surface area (Å²) in [4.78, 5) is 24.8. The molecule has 0 bridgehead atoms. The van der Waals surface area contributed by atoms with E-state index in [4.69, 9.17) is 16.7 Å². The number of rotatable bonds is 8. The Kier molecular flexibility index (Phi) is 6.53. The lowest BCUT2D eigenvalue weighted by molar-refractivity contribution is -0.140. The molecule has 0 fully saturated rings. The molecule has 1 heterocycles.